The molecule has 0 aliphatic rings. The molecule has 5 nitrogen and oxygen atoms in total. The van der Waals surface area contributed by atoms with E-state index in [2.05, 4.69) is 4.98 Å². The number of anilines is 1. The van der Waals surface area contributed by atoms with E-state index in [0.29, 0.717) is 12.1 Å². The van der Waals surface area contributed by atoms with Crippen molar-refractivity contribution in [1.82, 2.24) is 4.98 Å². The molecule has 92 valence electrons. The molecule has 1 heterocycles. The van der Waals surface area contributed by atoms with Crippen LogP contribution in [0.2, 0.25) is 5.15 Å². The van der Waals surface area contributed by atoms with Crippen molar-refractivity contribution >= 4 is 57.3 Å². The third-order valence-corrected chi connectivity index (χ3v) is 2.02. The summed E-state index contributed by atoms with van der Waals surface area (Å²) >= 11 is 5.26. The SMILES string of the molecule is O=S(=O)(O)Nc1cc(C(F)(F)F)cc(Cl)n1.[NaH]. The molecule has 0 aliphatic heterocycles. The zero-order valence-corrected chi connectivity index (χ0v) is 8.86. The summed E-state index contributed by atoms with van der Waals surface area (Å²) in [6.45, 7) is 0. The van der Waals surface area contributed by atoms with Gasteiger partial charge in [0.05, 0.1) is 5.56 Å². The van der Waals surface area contributed by atoms with Crippen LogP contribution in [0.4, 0.5) is 19.0 Å². The first kappa shape index (κ1) is 16.9. The Morgan fingerprint density at radius 3 is 2.29 bits per heavy atom. The Balaban J connectivity index is 0.00000256. The molecule has 11 heteroatoms. The van der Waals surface area contributed by atoms with Crippen molar-refractivity contribution in [2.75, 3.05) is 4.72 Å². The minimum absolute atomic E-state index is 0. The van der Waals surface area contributed by atoms with Gasteiger partial charge in [0.25, 0.3) is 0 Å². The molecule has 0 saturated carbocycles. The molecule has 0 atom stereocenters. The van der Waals surface area contributed by atoms with Crippen LogP contribution in [0.3, 0.4) is 0 Å². The molecular weight excluding hydrogens is 296 g/mol. The fourth-order valence-electron chi connectivity index (χ4n) is 0.845. The first-order valence-electron chi connectivity index (χ1n) is 3.58. The van der Waals surface area contributed by atoms with Gasteiger partial charge in [0.2, 0.25) is 0 Å². The number of nitrogens with zero attached hydrogens (tertiary/aromatic N) is 1. The van der Waals surface area contributed by atoms with E-state index < -0.39 is 33.0 Å². The summed E-state index contributed by atoms with van der Waals surface area (Å²) in [5, 5.41) is -0.555. The Hall–Kier alpha value is -0.0600. The summed E-state index contributed by atoms with van der Waals surface area (Å²) in [7, 11) is -4.69. The van der Waals surface area contributed by atoms with Gasteiger partial charge in [-0.25, -0.2) is 9.71 Å². The van der Waals surface area contributed by atoms with E-state index in [1.807, 2.05) is 0 Å². The fraction of sp³-hybridized carbons (Fsp3) is 0.167. The molecule has 0 aliphatic carbocycles. The predicted molar refractivity (Wildman–Crippen MR) is 56.6 cm³/mol. The number of rotatable bonds is 2. The van der Waals surface area contributed by atoms with Gasteiger partial charge in [-0.1, -0.05) is 11.6 Å². The molecule has 2 N–H and O–H groups in total. The third-order valence-electron chi connectivity index (χ3n) is 1.35. The van der Waals surface area contributed by atoms with Crippen molar-refractivity contribution in [1.29, 1.82) is 0 Å². The number of hydrogen-bond donors (Lipinski definition) is 2. The van der Waals surface area contributed by atoms with Crippen molar-refractivity contribution in [3.05, 3.63) is 22.8 Å². The van der Waals surface area contributed by atoms with Gasteiger partial charge in [-0.05, 0) is 12.1 Å². The van der Waals surface area contributed by atoms with E-state index in [-0.39, 0.29) is 29.6 Å². The van der Waals surface area contributed by atoms with Crippen LogP contribution in [0.15, 0.2) is 12.1 Å². The standard InChI is InChI=1S/C6H4ClF3N2O3S.Na.H/c7-4-1-3(6(8,9)10)2-5(11-4)12-16(13,14)15;;/h1-2H,(H,11,12)(H,13,14,15);;. The van der Waals surface area contributed by atoms with Crippen LogP contribution in [0.25, 0.3) is 0 Å². The molecule has 1 aromatic rings. The minimum atomic E-state index is -4.69. The Morgan fingerprint density at radius 1 is 1.35 bits per heavy atom. The van der Waals surface area contributed by atoms with Crippen LogP contribution < -0.4 is 4.72 Å². The molecule has 17 heavy (non-hydrogen) atoms. The summed E-state index contributed by atoms with van der Waals surface area (Å²) < 4.78 is 67.2. The molecule has 0 amide bonds. The second-order valence-corrected chi connectivity index (χ2v) is 4.18. The van der Waals surface area contributed by atoms with Gasteiger partial charge in [0.1, 0.15) is 11.0 Å². The van der Waals surface area contributed by atoms with E-state index in [9.17, 15) is 21.6 Å². The average molecular weight is 301 g/mol. The van der Waals surface area contributed by atoms with Crippen molar-refractivity contribution in [3.8, 4) is 0 Å². The van der Waals surface area contributed by atoms with Crippen molar-refractivity contribution < 1.29 is 26.1 Å². The van der Waals surface area contributed by atoms with Crippen molar-refractivity contribution in [2.45, 2.75) is 6.18 Å². The topological polar surface area (TPSA) is 79.3 Å². The number of nitrogens with one attached hydrogen (secondary N) is 1. The summed E-state index contributed by atoms with van der Waals surface area (Å²) in [4.78, 5) is 3.25. The second-order valence-electron chi connectivity index (χ2n) is 2.64. The zero-order valence-electron chi connectivity index (χ0n) is 7.29. The quantitative estimate of drug-likeness (QED) is 0.490. The number of aromatic nitrogens is 1. The van der Waals surface area contributed by atoms with Crippen molar-refractivity contribution in [3.63, 3.8) is 0 Å². The molecule has 1 rings (SSSR count). The molecule has 1 aromatic heterocycles. The van der Waals surface area contributed by atoms with E-state index in [1.165, 1.54) is 4.72 Å². The Bertz CT molecular complexity index is 508. The number of alkyl halides is 3. The predicted octanol–water partition coefficient (Wildman–Crippen LogP) is 1.32. The zero-order chi connectivity index (χ0) is 12.6. The summed E-state index contributed by atoms with van der Waals surface area (Å²) in [6, 6.07) is 0.927. The van der Waals surface area contributed by atoms with Crippen molar-refractivity contribution in [2.24, 2.45) is 0 Å². The van der Waals surface area contributed by atoms with Gasteiger partial charge < -0.3 is 0 Å². The molecule has 0 aromatic carbocycles. The maximum absolute atomic E-state index is 12.3. The number of pyridine rings is 1. The number of hydrogen-bond acceptors (Lipinski definition) is 3. The molecule has 0 spiro atoms. The second kappa shape index (κ2) is 5.72. The van der Waals surface area contributed by atoms with Gasteiger partial charge in [-0.2, -0.15) is 21.6 Å². The number of halogens is 4. The van der Waals surface area contributed by atoms with Gasteiger partial charge in [-0.15, -0.1) is 0 Å². The summed E-state index contributed by atoms with van der Waals surface area (Å²) in [6.07, 6.45) is -4.69. The molecule has 0 unspecified atom stereocenters. The van der Waals surface area contributed by atoms with Crippen LogP contribution >= 0.6 is 11.6 Å². The van der Waals surface area contributed by atoms with Gasteiger partial charge in [0, 0.05) is 0 Å². The van der Waals surface area contributed by atoms with Crippen LogP contribution in [0.5, 0.6) is 0 Å². The van der Waals surface area contributed by atoms with Crippen LogP contribution in [0.1, 0.15) is 5.56 Å². The normalized spacial score (nSPS) is 11.8. The van der Waals surface area contributed by atoms with Gasteiger partial charge >= 0.3 is 46.0 Å². The van der Waals surface area contributed by atoms with Gasteiger partial charge in [0.15, 0.2) is 0 Å². The Morgan fingerprint density at radius 2 is 1.88 bits per heavy atom. The summed E-state index contributed by atoms with van der Waals surface area (Å²) in [5.41, 5.74) is -1.18. The summed E-state index contributed by atoms with van der Waals surface area (Å²) in [5.74, 6) is -0.720. The first-order valence-corrected chi connectivity index (χ1v) is 5.40. The van der Waals surface area contributed by atoms with Crippen LogP contribution in [-0.4, -0.2) is 47.5 Å². The van der Waals surface area contributed by atoms with Crippen LogP contribution in [-0.2, 0) is 16.5 Å². The Labute approximate surface area is 122 Å². The van der Waals surface area contributed by atoms with E-state index in [0.717, 1.165) is 0 Å². The Kier molecular flexibility index (Phi) is 5.70. The average Bonchev–Trinajstić information content (AvgIpc) is 1.97. The third kappa shape index (κ3) is 5.89. The first-order chi connectivity index (χ1) is 7.08. The molecule has 0 bridgehead atoms. The molecule has 0 fully saturated rings. The molecular formula is C6H5ClF3N2NaO3S. The van der Waals surface area contributed by atoms with Gasteiger partial charge in [-0.3, -0.25) is 4.55 Å². The maximum atomic E-state index is 12.3. The van der Waals surface area contributed by atoms with E-state index >= 15 is 0 Å². The monoisotopic (exact) mass is 300 g/mol. The molecule has 0 saturated heterocycles. The fourth-order valence-corrected chi connectivity index (χ4v) is 1.42. The molecule has 0 radical (unpaired) electrons. The van der Waals surface area contributed by atoms with E-state index in [4.69, 9.17) is 16.2 Å². The van der Waals surface area contributed by atoms with Crippen LogP contribution in [0, 0.1) is 0 Å². The van der Waals surface area contributed by atoms with E-state index in [1.54, 1.807) is 0 Å².